The molecule has 10 nitrogen and oxygen atoms in total. The van der Waals surface area contributed by atoms with Crippen LogP contribution in [-0.2, 0) is 4.79 Å². The average Bonchev–Trinajstić information content (AvgIpc) is 3.40. The van der Waals surface area contributed by atoms with Gasteiger partial charge in [-0.05, 0) is 60.7 Å². The number of hydrogen-bond acceptors (Lipinski definition) is 9. The molecule has 1 aromatic heterocycles. The van der Waals surface area contributed by atoms with E-state index < -0.39 is 0 Å². The van der Waals surface area contributed by atoms with Crippen molar-refractivity contribution in [2.75, 3.05) is 34.2 Å². The molecule has 4 rings (SSSR count). The van der Waals surface area contributed by atoms with Gasteiger partial charge < -0.3 is 18.9 Å². The second-order valence-electron chi connectivity index (χ2n) is 7.85. The Hall–Kier alpha value is -4.22. The summed E-state index contributed by atoms with van der Waals surface area (Å²) >= 11 is 7.33. The summed E-state index contributed by atoms with van der Waals surface area (Å²) in [5.41, 5.74) is 4.77. The highest BCUT2D eigenvalue weighted by Crippen LogP contribution is 2.39. The van der Waals surface area contributed by atoms with Gasteiger partial charge >= 0.3 is 0 Å². The van der Waals surface area contributed by atoms with Gasteiger partial charge in [-0.1, -0.05) is 23.4 Å². The minimum atomic E-state index is -0.327. The molecule has 0 unspecified atom stereocenters. The van der Waals surface area contributed by atoms with Crippen LogP contribution in [0.25, 0.3) is 17.1 Å². The highest BCUT2D eigenvalue weighted by Gasteiger charge is 2.18. The number of methoxy groups -OCH3 is 4. The molecule has 0 spiro atoms. The molecule has 1 N–H and O–H groups in total. The zero-order chi connectivity index (χ0) is 27.8. The van der Waals surface area contributed by atoms with Gasteiger partial charge in [0.15, 0.2) is 22.5 Å². The van der Waals surface area contributed by atoms with Crippen molar-refractivity contribution in [1.82, 2.24) is 20.2 Å². The molecule has 1 heterocycles. The second-order valence-corrected chi connectivity index (χ2v) is 9.23. The normalized spacial score (nSPS) is 10.9. The van der Waals surface area contributed by atoms with Crippen LogP contribution < -0.4 is 24.4 Å². The fourth-order valence-corrected chi connectivity index (χ4v) is 4.55. The van der Waals surface area contributed by atoms with Gasteiger partial charge in [-0.3, -0.25) is 9.36 Å². The Morgan fingerprint density at radius 2 is 1.64 bits per heavy atom. The first-order chi connectivity index (χ1) is 19.0. The lowest BCUT2D eigenvalue weighted by molar-refractivity contribution is -0.118. The summed E-state index contributed by atoms with van der Waals surface area (Å²) in [4.78, 5) is 12.6. The summed E-state index contributed by atoms with van der Waals surface area (Å²) in [6, 6.07) is 18.3. The Kier molecular flexibility index (Phi) is 9.29. The summed E-state index contributed by atoms with van der Waals surface area (Å²) in [5.74, 6) is 2.45. The third-order valence-electron chi connectivity index (χ3n) is 5.53. The van der Waals surface area contributed by atoms with Gasteiger partial charge in [0.2, 0.25) is 5.75 Å². The lowest BCUT2D eigenvalue weighted by atomic mass is 10.2. The maximum Gasteiger partial charge on any atom is 0.250 e. The largest absolute Gasteiger partial charge is 0.497 e. The van der Waals surface area contributed by atoms with Crippen molar-refractivity contribution in [2.45, 2.75) is 5.16 Å². The van der Waals surface area contributed by atoms with Gasteiger partial charge in [-0.25, -0.2) is 5.43 Å². The van der Waals surface area contributed by atoms with Crippen LogP contribution in [0.1, 0.15) is 5.56 Å². The van der Waals surface area contributed by atoms with E-state index in [1.54, 1.807) is 31.4 Å². The second kappa shape index (κ2) is 13.0. The lowest BCUT2D eigenvalue weighted by Gasteiger charge is -2.13. The number of carbonyl (C=O) groups is 1. The third-order valence-corrected chi connectivity index (χ3v) is 6.71. The molecule has 0 saturated carbocycles. The minimum absolute atomic E-state index is 0.0503. The Bertz CT molecular complexity index is 1460. The van der Waals surface area contributed by atoms with Crippen LogP contribution in [0, 0.1) is 0 Å². The Morgan fingerprint density at radius 1 is 0.923 bits per heavy atom. The molecule has 0 saturated heterocycles. The first kappa shape index (κ1) is 27.8. The van der Waals surface area contributed by atoms with Crippen LogP contribution in [0.15, 0.2) is 70.9 Å². The van der Waals surface area contributed by atoms with E-state index in [0.29, 0.717) is 38.8 Å². The number of hydrazone groups is 1. The Balaban J connectivity index is 1.51. The van der Waals surface area contributed by atoms with Crippen LogP contribution in [0.4, 0.5) is 0 Å². The van der Waals surface area contributed by atoms with Gasteiger partial charge in [-0.15, -0.1) is 10.2 Å². The number of thioether (sulfide) groups is 1. The summed E-state index contributed by atoms with van der Waals surface area (Å²) < 4.78 is 23.2. The fourth-order valence-electron chi connectivity index (χ4n) is 3.68. The maximum absolute atomic E-state index is 12.6. The summed E-state index contributed by atoms with van der Waals surface area (Å²) in [7, 11) is 6.18. The van der Waals surface area contributed by atoms with Crippen molar-refractivity contribution in [1.29, 1.82) is 0 Å². The number of benzene rings is 3. The van der Waals surface area contributed by atoms with Crippen molar-refractivity contribution in [3.8, 4) is 40.1 Å². The molecular weight excluding hydrogens is 542 g/mol. The molecule has 0 aliphatic carbocycles. The van der Waals surface area contributed by atoms with E-state index in [-0.39, 0.29) is 11.7 Å². The summed E-state index contributed by atoms with van der Waals surface area (Å²) in [5, 5.41) is 13.9. The molecule has 0 aliphatic rings. The van der Waals surface area contributed by atoms with E-state index in [0.717, 1.165) is 17.0 Å². The van der Waals surface area contributed by atoms with Crippen LogP contribution in [0.5, 0.6) is 23.0 Å². The molecule has 39 heavy (non-hydrogen) atoms. The third kappa shape index (κ3) is 6.44. The predicted molar refractivity (Wildman–Crippen MR) is 151 cm³/mol. The number of ether oxygens (including phenoxy) is 4. The highest BCUT2D eigenvalue weighted by atomic mass is 35.5. The molecule has 0 aliphatic heterocycles. The maximum atomic E-state index is 12.6. The number of nitrogens with zero attached hydrogens (tertiary/aromatic N) is 4. The Morgan fingerprint density at radius 3 is 2.28 bits per heavy atom. The number of carbonyl (C=O) groups excluding carboxylic acids is 1. The topological polar surface area (TPSA) is 109 Å². The number of amides is 1. The van der Waals surface area contributed by atoms with E-state index in [9.17, 15) is 4.79 Å². The zero-order valence-electron chi connectivity index (χ0n) is 21.7. The smallest absolute Gasteiger partial charge is 0.250 e. The van der Waals surface area contributed by atoms with Crippen LogP contribution in [-0.4, -0.2) is 61.1 Å². The molecule has 0 bridgehead atoms. The molecule has 0 atom stereocenters. The van der Waals surface area contributed by atoms with Gasteiger partial charge in [0.1, 0.15) is 5.75 Å². The van der Waals surface area contributed by atoms with Crippen molar-refractivity contribution in [3.63, 3.8) is 0 Å². The van der Waals surface area contributed by atoms with Crippen molar-refractivity contribution >= 4 is 35.5 Å². The van der Waals surface area contributed by atoms with Gasteiger partial charge in [0.05, 0.1) is 40.4 Å². The molecule has 202 valence electrons. The number of aromatic nitrogens is 3. The summed E-state index contributed by atoms with van der Waals surface area (Å²) in [6.45, 7) is 0. The molecule has 0 fully saturated rings. The SMILES string of the molecule is COc1ccc(-c2nnc(SCC(=O)N/N=C/c3ccc(OC)c(OC)c3OC)n2-c2ccc(Cl)cc2)cc1. The fraction of sp³-hybridized carbons (Fsp3) is 0.185. The van der Waals surface area contributed by atoms with E-state index in [1.165, 1.54) is 39.3 Å². The number of nitrogens with one attached hydrogen (secondary N) is 1. The quantitative estimate of drug-likeness (QED) is 0.155. The van der Waals surface area contributed by atoms with Crippen molar-refractivity contribution in [2.24, 2.45) is 5.10 Å². The predicted octanol–water partition coefficient (Wildman–Crippen LogP) is 4.86. The average molecular weight is 568 g/mol. The molecule has 1 amide bonds. The van der Waals surface area contributed by atoms with Crippen molar-refractivity contribution < 1.29 is 23.7 Å². The molecule has 3 aromatic carbocycles. The van der Waals surface area contributed by atoms with Gasteiger partial charge in [0, 0.05) is 21.8 Å². The van der Waals surface area contributed by atoms with Crippen LogP contribution in [0.3, 0.4) is 0 Å². The number of halogens is 1. The van der Waals surface area contributed by atoms with E-state index in [1.807, 2.05) is 41.0 Å². The zero-order valence-corrected chi connectivity index (χ0v) is 23.2. The van der Waals surface area contributed by atoms with E-state index >= 15 is 0 Å². The first-order valence-electron chi connectivity index (χ1n) is 11.6. The van der Waals surface area contributed by atoms with Crippen molar-refractivity contribution in [3.05, 3.63) is 71.2 Å². The van der Waals surface area contributed by atoms with E-state index in [4.69, 9.17) is 30.5 Å². The Labute approximate surface area is 234 Å². The molecule has 4 aromatic rings. The van der Waals surface area contributed by atoms with E-state index in [2.05, 4.69) is 20.7 Å². The number of hydrogen-bond donors (Lipinski definition) is 1. The van der Waals surface area contributed by atoms with Gasteiger partial charge in [0.25, 0.3) is 5.91 Å². The number of rotatable bonds is 11. The van der Waals surface area contributed by atoms with Crippen LogP contribution in [0.2, 0.25) is 5.02 Å². The summed E-state index contributed by atoms with van der Waals surface area (Å²) in [6.07, 6.45) is 1.47. The molecule has 12 heteroatoms. The standard InChI is InChI=1S/C27H26ClN5O5S/c1-35-21-12-5-17(6-13-21)26-31-32-27(33(26)20-10-8-19(28)9-11-20)39-16-23(34)30-29-15-18-7-14-22(36-2)25(38-4)24(18)37-3/h5-15H,16H2,1-4H3,(H,30,34)/b29-15+. The van der Waals surface area contributed by atoms with Gasteiger partial charge in [-0.2, -0.15) is 5.10 Å². The molecule has 0 radical (unpaired) electrons. The highest BCUT2D eigenvalue weighted by molar-refractivity contribution is 7.99. The first-order valence-corrected chi connectivity index (χ1v) is 12.9. The minimum Gasteiger partial charge on any atom is -0.497 e. The van der Waals surface area contributed by atoms with Crippen LogP contribution >= 0.6 is 23.4 Å². The lowest BCUT2D eigenvalue weighted by Crippen LogP contribution is -2.20. The monoisotopic (exact) mass is 567 g/mol. The molecular formula is C27H26ClN5O5S.